The number of ether oxygens (including phenoxy) is 2. The lowest BCUT2D eigenvalue weighted by molar-refractivity contribution is -0.167. The Balaban J connectivity index is 1.28. The zero-order valence-corrected chi connectivity index (χ0v) is 19.6. The molecule has 3 rings (SSSR count). The van der Waals surface area contributed by atoms with Crippen LogP contribution >= 0.6 is 0 Å². The van der Waals surface area contributed by atoms with Crippen LogP contribution in [0.25, 0.3) is 0 Å². The second kappa shape index (κ2) is 12.9. The lowest BCUT2D eigenvalue weighted by Crippen LogP contribution is -2.66. The molecule has 2 saturated heterocycles. The average Bonchev–Trinajstić information content (AvgIpc) is 3.30. The van der Waals surface area contributed by atoms with Crippen LogP contribution in [0.2, 0.25) is 0 Å². The van der Waals surface area contributed by atoms with E-state index in [4.69, 9.17) is 9.47 Å². The summed E-state index contributed by atoms with van der Waals surface area (Å²) in [5.41, 5.74) is 0. The number of fused-ring (bicyclic) bond motifs is 2. The number of piperazine rings is 1. The molecule has 3 atom stereocenters. The Morgan fingerprint density at radius 2 is 1.66 bits per heavy atom. The van der Waals surface area contributed by atoms with Gasteiger partial charge in [0.1, 0.15) is 12.6 Å². The Kier molecular flexibility index (Phi) is 9.88. The van der Waals surface area contributed by atoms with Crippen LogP contribution in [0, 0.1) is 0 Å². The quantitative estimate of drug-likeness (QED) is 0.292. The third-order valence-electron chi connectivity index (χ3n) is 6.85. The minimum Gasteiger partial charge on any atom is -0.490 e. The van der Waals surface area contributed by atoms with Crippen molar-refractivity contribution in [1.29, 1.82) is 0 Å². The van der Waals surface area contributed by atoms with Crippen molar-refractivity contribution in [2.75, 3.05) is 13.2 Å². The molecule has 2 amide bonds. The van der Waals surface area contributed by atoms with Gasteiger partial charge in [0, 0.05) is 19.2 Å². The monoisotopic (exact) mass is 448 g/mol. The molecule has 0 aliphatic carbocycles. The van der Waals surface area contributed by atoms with Crippen molar-refractivity contribution < 1.29 is 23.9 Å². The van der Waals surface area contributed by atoms with E-state index in [2.05, 4.69) is 6.92 Å². The number of hydrogen-bond acceptors (Lipinski definition) is 5. The molecule has 0 saturated carbocycles. The van der Waals surface area contributed by atoms with Gasteiger partial charge in [-0.25, -0.2) is 0 Å². The van der Waals surface area contributed by atoms with E-state index >= 15 is 0 Å². The van der Waals surface area contributed by atoms with Gasteiger partial charge in [-0.1, -0.05) is 71.1 Å². The molecule has 7 heteroatoms. The highest BCUT2D eigenvalue weighted by atomic mass is 16.6. The summed E-state index contributed by atoms with van der Waals surface area (Å²) in [5, 5.41) is 0. The number of carbonyl (C=O) groups is 3. The van der Waals surface area contributed by atoms with Gasteiger partial charge >= 0.3 is 5.97 Å². The zero-order valence-electron chi connectivity index (χ0n) is 19.6. The first kappa shape index (κ1) is 24.6. The van der Waals surface area contributed by atoms with Crippen molar-refractivity contribution in [3.05, 3.63) is 12.5 Å². The van der Waals surface area contributed by atoms with Crippen LogP contribution in [0.5, 0.6) is 0 Å². The third kappa shape index (κ3) is 6.48. The van der Waals surface area contributed by atoms with Crippen molar-refractivity contribution >= 4 is 17.8 Å². The molecule has 3 aliphatic heterocycles. The molecule has 0 bridgehead atoms. The van der Waals surface area contributed by atoms with E-state index in [1.165, 1.54) is 68.7 Å². The molecule has 0 aromatic rings. The number of esters is 1. The number of amides is 2. The maximum Gasteiger partial charge on any atom is 0.305 e. The molecule has 3 aliphatic rings. The van der Waals surface area contributed by atoms with Gasteiger partial charge in [0.15, 0.2) is 12.1 Å². The molecular formula is C25H40N2O5. The van der Waals surface area contributed by atoms with E-state index in [0.29, 0.717) is 19.4 Å². The van der Waals surface area contributed by atoms with E-state index in [0.717, 1.165) is 25.7 Å². The molecule has 2 fully saturated rings. The van der Waals surface area contributed by atoms with Crippen molar-refractivity contribution in [2.24, 2.45) is 0 Å². The lowest BCUT2D eigenvalue weighted by atomic mass is 10.0. The summed E-state index contributed by atoms with van der Waals surface area (Å²) in [6.07, 6.45) is 17.8. The largest absolute Gasteiger partial charge is 0.490 e. The number of nitrogens with zero attached hydrogens (tertiary/aromatic N) is 2. The summed E-state index contributed by atoms with van der Waals surface area (Å²) in [4.78, 5) is 40.9. The smallest absolute Gasteiger partial charge is 0.305 e. The summed E-state index contributed by atoms with van der Waals surface area (Å²) >= 11 is 0. The van der Waals surface area contributed by atoms with Crippen LogP contribution in [0.4, 0.5) is 0 Å². The fourth-order valence-corrected chi connectivity index (χ4v) is 4.98. The first-order valence-corrected chi connectivity index (χ1v) is 12.7. The normalized spacial score (nSPS) is 24.3. The predicted octanol–water partition coefficient (Wildman–Crippen LogP) is 4.30. The van der Waals surface area contributed by atoms with Crippen LogP contribution in [-0.2, 0) is 23.9 Å². The fourth-order valence-electron chi connectivity index (χ4n) is 4.98. The molecule has 0 aromatic carbocycles. The molecular weight excluding hydrogens is 408 g/mol. The maximum atomic E-state index is 12.9. The van der Waals surface area contributed by atoms with Crippen LogP contribution in [0.15, 0.2) is 12.5 Å². The second-order valence-corrected chi connectivity index (χ2v) is 9.31. The van der Waals surface area contributed by atoms with Crippen molar-refractivity contribution in [2.45, 2.75) is 115 Å². The first-order valence-electron chi connectivity index (χ1n) is 12.7. The van der Waals surface area contributed by atoms with Crippen LogP contribution in [-0.4, -0.2) is 58.9 Å². The van der Waals surface area contributed by atoms with Gasteiger partial charge in [0.2, 0.25) is 11.8 Å². The van der Waals surface area contributed by atoms with E-state index in [1.54, 1.807) is 4.90 Å². The number of hydrogen-bond donors (Lipinski definition) is 0. The average molecular weight is 449 g/mol. The van der Waals surface area contributed by atoms with E-state index in [-0.39, 0.29) is 30.4 Å². The number of carbonyl (C=O) groups excluding carboxylic acids is 3. The lowest BCUT2D eigenvalue weighted by Gasteiger charge is -2.44. The highest BCUT2D eigenvalue weighted by Gasteiger charge is 2.51. The Hall–Kier alpha value is -2.05. The highest BCUT2D eigenvalue weighted by molar-refractivity contribution is 5.98. The van der Waals surface area contributed by atoms with Crippen molar-refractivity contribution in [3.63, 3.8) is 0 Å². The van der Waals surface area contributed by atoms with Gasteiger partial charge in [-0.3, -0.25) is 19.3 Å². The Bertz CT molecular complexity index is 665. The minimum absolute atomic E-state index is 0.0140. The topological polar surface area (TPSA) is 76.2 Å². The highest BCUT2D eigenvalue weighted by Crippen LogP contribution is 2.31. The van der Waals surface area contributed by atoms with Gasteiger partial charge in [0.25, 0.3) is 0 Å². The predicted molar refractivity (Wildman–Crippen MR) is 121 cm³/mol. The zero-order chi connectivity index (χ0) is 22.8. The maximum absolute atomic E-state index is 12.9. The Morgan fingerprint density at radius 3 is 2.34 bits per heavy atom. The van der Waals surface area contributed by atoms with Crippen molar-refractivity contribution in [3.8, 4) is 0 Å². The van der Waals surface area contributed by atoms with Gasteiger partial charge in [-0.2, -0.15) is 0 Å². The van der Waals surface area contributed by atoms with Crippen molar-refractivity contribution in [1.82, 2.24) is 9.80 Å². The summed E-state index contributed by atoms with van der Waals surface area (Å²) < 4.78 is 11.0. The summed E-state index contributed by atoms with van der Waals surface area (Å²) in [6.45, 7) is 2.83. The molecule has 0 unspecified atom stereocenters. The van der Waals surface area contributed by atoms with Gasteiger partial charge in [-0.15, -0.1) is 0 Å². The van der Waals surface area contributed by atoms with Crippen LogP contribution in [0.1, 0.15) is 96.8 Å². The summed E-state index contributed by atoms with van der Waals surface area (Å²) in [6, 6.07) is -1.10. The van der Waals surface area contributed by atoms with Crippen LogP contribution < -0.4 is 0 Å². The van der Waals surface area contributed by atoms with Gasteiger partial charge in [0.05, 0.1) is 6.26 Å². The molecule has 0 radical (unpaired) electrons. The van der Waals surface area contributed by atoms with Crippen LogP contribution in [0.3, 0.4) is 0 Å². The standard InChI is InChI=1S/C25H40N2O5/c1-2-3-4-5-6-7-8-9-10-11-12-15-22(28)32-19-21-23-25(30)26-16-13-14-20(26)24(29)27(23)17-18-31-21/h17-18,20-21,23H,2-16,19H2,1H3/t20-,21-,23-/m0/s1. The molecule has 180 valence electrons. The molecule has 3 heterocycles. The fraction of sp³-hybridized carbons (Fsp3) is 0.800. The van der Waals surface area contributed by atoms with E-state index < -0.39 is 12.1 Å². The molecule has 0 aromatic heterocycles. The molecule has 32 heavy (non-hydrogen) atoms. The van der Waals surface area contributed by atoms with Gasteiger partial charge < -0.3 is 14.4 Å². The Morgan fingerprint density at radius 1 is 1.00 bits per heavy atom. The first-order chi connectivity index (χ1) is 15.6. The number of unbranched alkanes of at least 4 members (excludes halogenated alkanes) is 10. The minimum atomic E-state index is -0.739. The molecule has 7 nitrogen and oxygen atoms in total. The second-order valence-electron chi connectivity index (χ2n) is 9.31. The van der Waals surface area contributed by atoms with E-state index in [1.807, 2.05) is 0 Å². The third-order valence-corrected chi connectivity index (χ3v) is 6.85. The number of rotatable bonds is 14. The van der Waals surface area contributed by atoms with E-state index in [9.17, 15) is 14.4 Å². The molecule has 0 spiro atoms. The molecule has 0 N–H and O–H groups in total. The Labute approximate surface area is 192 Å². The summed E-state index contributed by atoms with van der Waals surface area (Å²) in [7, 11) is 0. The van der Waals surface area contributed by atoms with Gasteiger partial charge in [-0.05, 0) is 19.3 Å². The summed E-state index contributed by atoms with van der Waals surface area (Å²) in [5.74, 6) is -0.439. The SMILES string of the molecule is CCCCCCCCCCCCCC(=O)OC[C@@H]1OC=CN2C(=O)[C@@H]3CCCN3C(=O)[C@H]12.